The third-order valence-electron chi connectivity index (χ3n) is 0.957. The second-order valence-corrected chi connectivity index (χ2v) is 2.60. The van der Waals surface area contributed by atoms with Crippen molar-refractivity contribution in [3.05, 3.63) is 0 Å². The molecule has 0 aromatic rings. The zero-order chi connectivity index (χ0) is 13.8. The molecule has 0 aromatic heterocycles. The van der Waals surface area contributed by atoms with E-state index in [2.05, 4.69) is 13.8 Å². The lowest BCUT2D eigenvalue weighted by Gasteiger charge is -1.86. The van der Waals surface area contributed by atoms with Crippen LogP contribution in [0.25, 0.3) is 0 Å². The maximum absolute atomic E-state index is 8.67. The molecule has 0 heterocycles. The van der Waals surface area contributed by atoms with Crippen molar-refractivity contribution in [1.82, 2.24) is 0 Å². The van der Waals surface area contributed by atoms with Gasteiger partial charge in [0.1, 0.15) is 0 Å². The van der Waals surface area contributed by atoms with E-state index < -0.39 is 11.4 Å². The highest BCUT2D eigenvalue weighted by Gasteiger charge is 1.75. The minimum absolute atomic E-state index is 0.750. The maximum Gasteiger partial charge on any atom is 0.299 e. The Morgan fingerprint density at radius 1 is 1.00 bits per heavy atom. The van der Waals surface area contributed by atoms with Crippen LogP contribution in [0.2, 0.25) is 0 Å². The van der Waals surface area contributed by atoms with E-state index in [4.69, 9.17) is 33.7 Å². The average Bonchev–Trinajstić information content (AvgIpc) is 2.16. The predicted molar refractivity (Wildman–Crippen MR) is 60.0 cm³/mol. The second-order valence-electron chi connectivity index (χ2n) is 2.14. The number of nitrogens with one attached hydrogen (secondary N) is 2. The predicted octanol–water partition coefficient (Wildman–Crippen LogP) is 2.07. The molecule has 16 heavy (non-hydrogen) atoms. The summed E-state index contributed by atoms with van der Waals surface area (Å²) in [6.07, 6.45) is 7.04. The first kappa shape index (κ1) is 24.2. The molecule has 0 rings (SSSR count). The van der Waals surface area contributed by atoms with Crippen molar-refractivity contribution in [1.29, 1.82) is 10.8 Å². The summed E-state index contributed by atoms with van der Waals surface area (Å²) < 4.78 is 22.8. The summed E-state index contributed by atoms with van der Waals surface area (Å²) in [5.41, 5.74) is 0. The van der Waals surface area contributed by atoms with Crippen molar-refractivity contribution in [3.8, 4) is 0 Å². The largest absolute Gasteiger partial charge is 0.299 e. The van der Waals surface area contributed by atoms with Crippen molar-refractivity contribution >= 4 is 23.5 Å². The Morgan fingerprint density at radius 3 is 1.19 bits per heavy atom. The Kier molecular flexibility index (Phi) is 56.1. The Hall–Kier alpha value is -1.17. The molecule has 8 heteroatoms. The van der Waals surface area contributed by atoms with E-state index in [1.54, 1.807) is 0 Å². The molecule has 0 unspecified atom stereocenters. The SMILES string of the molecule is CCCCCC.N=C=O.N=C=O.O=S(O)O. The molecule has 0 atom stereocenters. The van der Waals surface area contributed by atoms with Gasteiger partial charge in [-0.3, -0.25) is 9.11 Å². The molecule has 0 aliphatic rings. The van der Waals surface area contributed by atoms with Gasteiger partial charge in [0.05, 0.1) is 0 Å². The van der Waals surface area contributed by atoms with Gasteiger partial charge in [0.25, 0.3) is 11.4 Å². The van der Waals surface area contributed by atoms with Crippen LogP contribution in [0.3, 0.4) is 0 Å². The van der Waals surface area contributed by atoms with Crippen molar-refractivity contribution in [2.75, 3.05) is 0 Å². The molecule has 0 saturated carbocycles. The van der Waals surface area contributed by atoms with Crippen LogP contribution < -0.4 is 0 Å². The van der Waals surface area contributed by atoms with Gasteiger partial charge in [-0.1, -0.05) is 39.5 Å². The highest BCUT2D eigenvalue weighted by molar-refractivity contribution is 7.73. The van der Waals surface area contributed by atoms with Gasteiger partial charge in [0.15, 0.2) is 0 Å². The van der Waals surface area contributed by atoms with E-state index in [0.717, 1.165) is 12.2 Å². The topological polar surface area (TPSA) is 139 Å². The summed E-state index contributed by atoms with van der Waals surface area (Å²) in [5.74, 6) is 0. The molecule has 0 spiro atoms. The molecular weight excluding hydrogens is 236 g/mol. The Balaban J connectivity index is -0.0000000635. The van der Waals surface area contributed by atoms with Crippen molar-refractivity contribution in [2.45, 2.75) is 39.5 Å². The molecular formula is C8H18N2O5S. The molecule has 0 saturated heterocycles. The van der Waals surface area contributed by atoms with Crippen LogP contribution in [-0.2, 0) is 21.0 Å². The Morgan fingerprint density at radius 2 is 1.12 bits per heavy atom. The number of unbranched alkanes of at least 4 members (excludes halogenated alkanes) is 3. The molecule has 0 fully saturated rings. The Bertz CT molecular complexity index is 179. The second kappa shape index (κ2) is 37.1. The molecule has 0 aliphatic carbocycles. The summed E-state index contributed by atoms with van der Waals surface area (Å²) >= 11 is -2.61. The molecule has 0 aliphatic heterocycles. The fourth-order valence-corrected chi connectivity index (χ4v) is 0.500. The summed E-state index contributed by atoms with van der Waals surface area (Å²) in [7, 11) is 0. The first-order valence-electron chi connectivity index (χ1n) is 4.35. The van der Waals surface area contributed by atoms with Gasteiger partial charge >= 0.3 is 0 Å². The summed E-state index contributed by atoms with van der Waals surface area (Å²) in [6, 6.07) is 0. The van der Waals surface area contributed by atoms with E-state index >= 15 is 0 Å². The molecule has 0 radical (unpaired) electrons. The number of hydrogen-bond acceptors (Lipinski definition) is 5. The van der Waals surface area contributed by atoms with E-state index in [1.165, 1.54) is 25.7 Å². The number of carbonyl (C=O) groups excluding carboxylic acids is 2. The highest BCUT2D eigenvalue weighted by atomic mass is 32.2. The van der Waals surface area contributed by atoms with Gasteiger partial charge in [-0.25, -0.2) is 20.4 Å². The van der Waals surface area contributed by atoms with Crippen LogP contribution >= 0.6 is 0 Å². The molecule has 0 bridgehead atoms. The zero-order valence-electron chi connectivity index (χ0n) is 9.36. The Labute approximate surface area is 97.4 Å². The normalized spacial score (nSPS) is 6.56. The van der Waals surface area contributed by atoms with E-state index in [-0.39, 0.29) is 0 Å². The summed E-state index contributed by atoms with van der Waals surface area (Å²) in [6.45, 7) is 4.46. The van der Waals surface area contributed by atoms with Gasteiger partial charge < -0.3 is 0 Å². The van der Waals surface area contributed by atoms with Crippen LogP contribution in [0, 0.1) is 10.8 Å². The van der Waals surface area contributed by atoms with Gasteiger partial charge in [-0.15, -0.1) is 0 Å². The van der Waals surface area contributed by atoms with Gasteiger partial charge in [0.2, 0.25) is 12.2 Å². The van der Waals surface area contributed by atoms with E-state index in [1.807, 2.05) is 0 Å². The quantitative estimate of drug-likeness (QED) is 0.264. The lowest BCUT2D eigenvalue weighted by molar-refractivity contribution is 0.454. The number of rotatable bonds is 3. The van der Waals surface area contributed by atoms with Crippen molar-refractivity contribution < 1.29 is 22.9 Å². The molecule has 0 aromatic carbocycles. The number of hydrogen-bond donors (Lipinski definition) is 4. The monoisotopic (exact) mass is 254 g/mol. The fraction of sp³-hybridized carbons (Fsp3) is 0.750. The first-order chi connectivity index (χ1) is 7.47. The van der Waals surface area contributed by atoms with Crippen LogP contribution in [0.5, 0.6) is 0 Å². The smallest absolute Gasteiger partial charge is 0.284 e. The lowest BCUT2D eigenvalue weighted by Crippen LogP contribution is -1.74. The first-order valence-corrected chi connectivity index (χ1v) is 5.42. The third-order valence-corrected chi connectivity index (χ3v) is 0.957. The minimum Gasteiger partial charge on any atom is -0.284 e. The van der Waals surface area contributed by atoms with Crippen molar-refractivity contribution in [2.24, 2.45) is 0 Å². The highest BCUT2D eigenvalue weighted by Crippen LogP contribution is 1.95. The lowest BCUT2D eigenvalue weighted by atomic mass is 10.2. The van der Waals surface area contributed by atoms with Crippen LogP contribution in [0.4, 0.5) is 0 Å². The van der Waals surface area contributed by atoms with Gasteiger partial charge in [-0.2, -0.15) is 4.21 Å². The molecule has 7 nitrogen and oxygen atoms in total. The fourth-order valence-electron chi connectivity index (χ4n) is 0.500. The van der Waals surface area contributed by atoms with E-state index in [9.17, 15) is 0 Å². The number of isocyanates is 2. The minimum atomic E-state index is -2.61. The van der Waals surface area contributed by atoms with E-state index in [0.29, 0.717) is 0 Å². The van der Waals surface area contributed by atoms with Gasteiger partial charge in [-0.05, 0) is 0 Å². The van der Waals surface area contributed by atoms with Crippen LogP contribution in [0.15, 0.2) is 0 Å². The third kappa shape index (κ3) is 536. The molecule has 0 amide bonds. The van der Waals surface area contributed by atoms with Crippen molar-refractivity contribution in [3.63, 3.8) is 0 Å². The van der Waals surface area contributed by atoms with Crippen LogP contribution in [-0.4, -0.2) is 25.5 Å². The zero-order valence-corrected chi connectivity index (χ0v) is 10.2. The standard InChI is InChI=1S/C6H14.2CHNO.H2O3S/c1-3-5-6-4-2;2*2-1-3;1-4(2)3/h3-6H2,1-2H3;2*2H;(H2,1,2,3). The summed E-state index contributed by atoms with van der Waals surface area (Å²) in [5, 5.41) is 10.8. The average molecular weight is 254 g/mol. The van der Waals surface area contributed by atoms with Gasteiger partial charge in [0, 0.05) is 0 Å². The van der Waals surface area contributed by atoms with Crippen LogP contribution in [0.1, 0.15) is 39.5 Å². The maximum atomic E-state index is 8.67. The molecule has 96 valence electrons. The molecule has 4 N–H and O–H groups in total. The summed E-state index contributed by atoms with van der Waals surface area (Å²) in [4.78, 5) is 16.7.